The molecule has 2 aromatic rings. The maximum atomic E-state index is 13.9. The van der Waals surface area contributed by atoms with Gasteiger partial charge in [0.05, 0.1) is 0 Å². The first-order chi connectivity index (χ1) is 25.0. The van der Waals surface area contributed by atoms with E-state index in [9.17, 15) is 28.8 Å². The third-order valence-corrected chi connectivity index (χ3v) is 8.58. The molecule has 13 nitrogen and oxygen atoms in total. The second-order valence-electron chi connectivity index (χ2n) is 15.2. The first-order valence-electron chi connectivity index (χ1n) is 18.5. The molecule has 1 aliphatic heterocycles. The highest BCUT2D eigenvalue weighted by atomic mass is 16.6. The fourth-order valence-electron chi connectivity index (χ4n) is 5.91. The Morgan fingerprint density at radius 2 is 1.40 bits per heavy atom. The molecule has 0 saturated carbocycles. The molecule has 1 saturated heterocycles. The van der Waals surface area contributed by atoms with Crippen LogP contribution in [0.15, 0.2) is 60.7 Å². The highest BCUT2D eigenvalue weighted by Gasteiger charge is 2.38. The number of carbonyl (C=O) groups is 6. The normalized spacial score (nSPS) is 15.9. The number of rotatable bonds is 17. The third kappa shape index (κ3) is 14.5. The van der Waals surface area contributed by atoms with Crippen molar-refractivity contribution in [2.75, 3.05) is 6.54 Å². The van der Waals surface area contributed by atoms with Crippen molar-refractivity contribution in [1.82, 2.24) is 26.2 Å². The van der Waals surface area contributed by atoms with Crippen LogP contribution in [0, 0.1) is 11.8 Å². The summed E-state index contributed by atoms with van der Waals surface area (Å²) in [5.74, 6) is -3.10. The molecule has 4 N–H and O–H groups in total. The van der Waals surface area contributed by atoms with E-state index in [2.05, 4.69) is 21.3 Å². The van der Waals surface area contributed by atoms with Crippen LogP contribution in [0.5, 0.6) is 0 Å². The Hall–Kier alpha value is -4.94. The molecule has 13 heteroatoms. The van der Waals surface area contributed by atoms with Gasteiger partial charge in [-0.3, -0.25) is 28.9 Å². The first kappa shape index (κ1) is 42.5. The summed E-state index contributed by atoms with van der Waals surface area (Å²) < 4.78 is 10.9. The summed E-state index contributed by atoms with van der Waals surface area (Å²) in [7, 11) is 0. The molecule has 0 aliphatic carbocycles. The summed E-state index contributed by atoms with van der Waals surface area (Å²) in [5, 5.41) is 11.2. The molecule has 1 aliphatic rings. The quantitative estimate of drug-likeness (QED) is 0.173. The first-order valence-corrected chi connectivity index (χ1v) is 18.5. The summed E-state index contributed by atoms with van der Waals surface area (Å²) in [6.07, 6.45) is 0.289. The van der Waals surface area contributed by atoms with E-state index < -0.39 is 65.5 Å². The zero-order valence-corrected chi connectivity index (χ0v) is 32.1. The van der Waals surface area contributed by atoms with Gasteiger partial charge in [0.2, 0.25) is 23.6 Å². The van der Waals surface area contributed by atoms with E-state index in [0.29, 0.717) is 19.4 Å². The van der Waals surface area contributed by atoms with E-state index in [0.717, 1.165) is 11.1 Å². The van der Waals surface area contributed by atoms with Gasteiger partial charge in [0.1, 0.15) is 36.4 Å². The molecule has 5 amide bonds. The third-order valence-electron chi connectivity index (χ3n) is 8.58. The lowest BCUT2D eigenvalue weighted by atomic mass is 10.00. The zero-order chi connectivity index (χ0) is 39.1. The number of carbonyl (C=O) groups excluding carboxylic acids is 6. The van der Waals surface area contributed by atoms with Gasteiger partial charge in [0.25, 0.3) is 0 Å². The molecule has 3 rings (SSSR count). The second-order valence-corrected chi connectivity index (χ2v) is 15.2. The molecule has 0 aromatic heterocycles. The summed E-state index contributed by atoms with van der Waals surface area (Å²) >= 11 is 0. The van der Waals surface area contributed by atoms with Crippen molar-refractivity contribution in [3.05, 3.63) is 71.8 Å². The number of esters is 1. The van der Waals surface area contributed by atoms with Crippen molar-refractivity contribution in [3.63, 3.8) is 0 Å². The minimum Gasteiger partial charge on any atom is -0.460 e. The Labute approximate surface area is 313 Å². The fraction of sp³-hybridized carbons (Fsp3) is 0.550. The average Bonchev–Trinajstić information content (AvgIpc) is 3.60. The van der Waals surface area contributed by atoms with E-state index in [1.54, 1.807) is 34.6 Å². The van der Waals surface area contributed by atoms with Gasteiger partial charge in [0.15, 0.2) is 0 Å². The molecule has 0 spiro atoms. The Bertz CT molecular complexity index is 1530. The van der Waals surface area contributed by atoms with Gasteiger partial charge in [-0.05, 0) is 69.4 Å². The molecule has 0 bridgehead atoms. The highest BCUT2D eigenvalue weighted by molar-refractivity contribution is 5.95. The maximum absolute atomic E-state index is 13.9. The molecule has 290 valence electrons. The molecule has 53 heavy (non-hydrogen) atoms. The number of amides is 5. The van der Waals surface area contributed by atoms with Crippen LogP contribution in [-0.2, 0) is 46.6 Å². The van der Waals surface area contributed by atoms with Crippen molar-refractivity contribution >= 4 is 35.7 Å². The van der Waals surface area contributed by atoms with Gasteiger partial charge in [-0.25, -0.2) is 4.79 Å². The smallest absolute Gasteiger partial charge is 0.410 e. The van der Waals surface area contributed by atoms with Crippen LogP contribution in [0.1, 0.15) is 91.7 Å². The Morgan fingerprint density at radius 3 is 1.98 bits per heavy atom. The van der Waals surface area contributed by atoms with E-state index in [1.807, 2.05) is 74.5 Å². The molecule has 1 fully saturated rings. The number of likely N-dealkylation sites (tertiary alicyclic amines) is 1. The highest BCUT2D eigenvalue weighted by Crippen LogP contribution is 2.20. The lowest BCUT2D eigenvalue weighted by Crippen LogP contribution is -2.59. The topological polar surface area (TPSA) is 172 Å². The van der Waals surface area contributed by atoms with Gasteiger partial charge in [-0.2, -0.15) is 0 Å². The SMILES string of the molecule is CC(C)C[C@H](NC(=O)[C@@H]1CCCN1C(=O)OCc1ccccc1)C(=O)N[C@@H](CCC(=O)OC(C)(C)C)C(=O)N[C@H](C(=O)NCc1ccccc1)C(C)C. The van der Waals surface area contributed by atoms with Crippen LogP contribution in [0.2, 0.25) is 0 Å². The van der Waals surface area contributed by atoms with E-state index in [4.69, 9.17) is 9.47 Å². The summed E-state index contributed by atoms with van der Waals surface area (Å²) in [4.78, 5) is 81.7. The Kier molecular flexibility index (Phi) is 16.3. The Morgan fingerprint density at radius 1 is 0.792 bits per heavy atom. The zero-order valence-electron chi connectivity index (χ0n) is 32.1. The number of ether oxygens (including phenoxy) is 2. The van der Waals surface area contributed by atoms with Crippen LogP contribution in [0.3, 0.4) is 0 Å². The van der Waals surface area contributed by atoms with Crippen molar-refractivity contribution in [2.24, 2.45) is 11.8 Å². The lowest BCUT2D eigenvalue weighted by Gasteiger charge is -2.29. The number of hydrogen-bond donors (Lipinski definition) is 4. The number of nitrogens with zero attached hydrogens (tertiary/aromatic N) is 1. The fourth-order valence-corrected chi connectivity index (χ4v) is 5.91. The molecule has 1 heterocycles. The predicted octanol–water partition coefficient (Wildman–Crippen LogP) is 4.38. The molecule has 4 atom stereocenters. The molecular weight excluding hydrogens is 678 g/mol. The van der Waals surface area contributed by atoms with Crippen LogP contribution in [-0.4, -0.2) is 76.9 Å². The lowest BCUT2D eigenvalue weighted by molar-refractivity contribution is -0.155. The van der Waals surface area contributed by atoms with Gasteiger partial charge in [-0.1, -0.05) is 88.4 Å². The van der Waals surface area contributed by atoms with Crippen LogP contribution in [0.4, 0.5) is 4.79 Å². The summed E-state index contributed by atoms with van der Waals surface area (Å²) in [6.45, 7) is 13.2. The van der Waals surface area contributed by atoms with Crippen LogP contribution >= 0.6 is 0 Å². The average molecular weight is 736 g/mol. The van der Waals surface area contributed by atoms with Crippen LogP contribution in [0.25, 0.3) is 0 Å². The minimum atomic E-state index is -1.24. The Balaban J connectivity index is 1.74. The number of hydrogen-bond acceptors (Lipinski definition) is 8. The number of benzene rings is 2. The van der Waals surface area contributed by atoms with E-state index >= 15 is 0 Å². The second kappa shape index (κ2) is 20.3. The van der Waals surface area contributed by atoms with Gasteiger partial charge in [-0.15, -0.1) is 0 Å². The largest absolute Gasteiger partial charge is 0.460 e. The van der Waals surface area contributed by atoms with Crippen molar-refractivity contribution in [2.45, 2.75) is 123 Å². The standard InChI is InChI=1S/C40H57N5O8/c1-26(2)23-31(43-37(49)32-19-14-22-45(32)39(51)52-25-29-17-12-9-13-18-29)36(48)42-30(20-21-33(46)53-40(5,6)7)35(47)44-34(27(3)4)38(50)41-24-28-15-10-8-11-16-28/h8-13,15-18,26-27,30-32,34H,14,19-25H2,1-7H3,(H,41,50)(H,42,48)(H,43,49)(H,44,47)/t30-,31-,32-,34-/m0/s1. The van der Waals surface area contributed by atoms with Crippen molar-refractivity contribution in [1.29, 1.82) is 0 Å². The van der Waals surface area contributed by atoms with Gasteiger partial charge >= 0.3 is 12.1 Å². The van der Waals surface area contributed by atoms with Crippen molar-refractivity contribution < 1.29 is 38.2 Å². The van der Waals surface area contributed by atoms with E-state index in [1.165, 1.54) is 4.90 Å². The van der Waals surface area contributed by atoms with Crippen molar-refractivity contribution in [3.8, 4) is 0 Å². The monoisotopic (exact) mass is 735 g/mol. The molecule has 2 aromatic carbocycles. The minimum absolute atomic E-state index is 0.0331. The maximum Gasteiger partial charge on any atom is 0.410 e. The molecule has 0 radical (unpaired) electrons. The molecule has 0 unspecified atom stereocenters. The predicted molar refractivity (Wildman–Crippen MR) is 200 cm³/mol. The van der Waals surface area contributed by atoms with Crippen LogP contribution < -0.4 is 21.3 Å². The van der Waals surface area contributed by atoms with Gasteiger partial charge in [0, 0.05) is 19.5 Å². The summed E-state index contributed by atoms with van der Waals surface area (Å²) in [6, 6.07) is 14.5. The summed E-state index contributed by atoms with van der Waals surface area (Å²) in [5.41, 5.74) is 0.944. The van der Waals surface area contributed by atoms with Gasteiger partial charge < -0.3 is 30.7 Å². The number of nitrogens with one attached hydrogen (secondary N) is 4. The molecular formula is C40H57N5O8. The van der Waals surface area contributed by atoms with E-state index in [-0.39, 0.29) is 44.2 Å².